The number of nitrogens with zero attached hydrogens (tertiary/aromatic N) is 3. The number of benzene rings is 1. The molecular weight excluding hydrogens is 272 g/mol. The molecule has 0 bridgehead atoms. The molecule has 2 rings (SSSR count). The largest absolute Gasteiger partial charge is 0.478 e. The van der Waals surface area contributed by atoms with Gasteiger partial charge in [0.15, 0.2) is 0 Å². The van der Waals surface area contributed by atoms with E-state index >= 15 is 0 Å². The summed E-state index contributed by atoms with van der Waals surface area (Å²) in [5.74, 6) is -1.42. The van der Waals surface area contributed by atoms with Crippen LogP contribution in [-0.4, -0.2) is 31.7 Å². The molecule has 8 heteroatoms. The van der Waals surface area contributed by atoms with Gasteiger partial charge in [-0.1, -0.05) is 11.6 Å². The summed E-state index contributed by atoms with van der Waals surface area (Å²) >= 11 is 5.89. The van der Waals surface area contributed by atoms with Crippen molar-refractivity contribution in [3.05, 3.63) is 41.4 Å². The molecule has 19 heavy (non-hydrogen) atoms. The number of carbonyl (C=O) groups is 2. The van der Waals surface area contributed by atoms with E-state index in [4.69, 9.17) is 16.7 Å². The number of carbonyl (C=O) groups excluding carboxylic acids is 1. The van der Waals surface area contributed by atoms with E-state index in [1.54, 1.807) is 0 Å². The van der Waals surface area contributed by atoms with E-state index in [-0.39, 0.29) is 23.0 Å². The van der Waals surface area contributed by atoms with Crippen molar-refractivity contribution in [2.45, 2.75) is 6.54 Å². The van der Waals surface area contributed by atoms with Gasteiger partial charge in [0.1, 0.15) is 19.2 Å². The van der Waals surface area contributed by atoms with Crippen molar-refractivity contribution in [1.82, 2.24) is 14.8 Å². The van der Waals surface area contributed by atoms with E-state index in [0.29, 0.717) is 5.69 Å². The third kappa shape index (κ3) is 3.29. The van der Waals surface area contributed by atoms with Crippen molar-refractivity contribution >= 4 is 29.2 Å². The van der Waals surface area contributed by atoms with Crippen molar-refractivity contribution in [2.24, 2.45) is 0 Å². The zero-order valence-electron chi connectivity index (χ0n) is 9.58. The molecular formula is C11H9ClN4O3. The molecule has 2 aromatic rings. The molecule has 1 heterocycles. The zero-order valence-corrected chi connectivity index (χ0v) is 10.3. The topological polar surface area (TPSA) is 97.1 Å². The molecule has 2 N–H and O–H groups in total. The number of hydrogen-bond acceptors (Lipinski definition) is 4. The maximum atomic E-state index is 11.7. The molecule has 0 aliphatic rings. The van der Waals surface area contributed by atoms with Gasteiger partial charge in [-0.2, -0.15) is 5.10 Å². The highest BCUT2D eigenvalue weighted by Gasteiger charge is 2.10. The number of hydrogen-bond donors (Lipinski definition) is 2. The van der Waals surface area contributed by atoms with Crippen LogP contribution in [-0.2, 0) is 11.3 Å². The average molecular weight is 281 g/mol. The van der Waals surface area contributed by atoms with Gasteiger partial charge >= 0.3 is 5.97 Å². The van der Waals surface area contributed by atoms with Crippen molar-refractivity contribution < 1.29 is 14.7 Å². The van der Waals surface area contributed by atoms with Gasteiger partial charge in [-0.3, -0.25) is 4.79 Å². The van der Waals surface area contributed by atoms with E-state index in [1.807, 2.05) is 0 Å². The number of halogens is 1. The van der Waals surface area contributed by atoms with Crippen LogP contribution in [0, 0.1) is 0 Å². The van der Waals surface area contributed by atoms with Crippen LogP contribution in [0.15, 0.2) is 30.9 Å². The molecule has 0 spiro atoms. The molecule has 0 saturated carbocycles. The van der Waals surface area contributed by atoms with Crippen molar-refractivity contribution in [1.29, 1.82) is 0 Å². The minimum absolute atomic E-state index is 0.00297. The summed E-state index contributed by atoms with van der Waals surface area (Å²) in [7, 11) is 0. The summed E-state index contributed by atoms with van der Waals surface area (Å²) in [5, 5.41) is 15.3. The summed E-state index contributed by atoms with van der Waals surface area (Å²) in [6.07, 6.45) is 2.73. The number of carboxylic acids is 1. The molecule has 98 valence electrons. The Hall–Kier alpha value is -2.41. The zero-order chi connectivity index (χ0) is 13.8. The number of anilines is 1. The first-order valence-electron chi connectivity index (χ1n) is 5.21. The van der Waals surface area contributed by atoms with E-state index < -0.39 is 5.97 Å². The Morgan fingerprint density at radius 3 is 2.79 bits per heavy atom. The van der Waals surface area contributed by atoms with E-state index in [1.165, 1.54) is 35.5 Å². The van der Waals surface area contributed by atoms with Crippen LogP contribution in [0.5, 0.6) is 0 Å². The van der Waals surface area contributed by atoms with Gasteiger partial charge in [-0.15, -0.1) is 0 Å². The van der Waals surface area contributed by atoms with Gasteiger partial charge in [0, 0.05) is 0 Å². The van der Waals surface area contributed by atoms with Crippen molar-refractivity contribution in [2.75, 3.05) is 5.32 Å². The Kier molecular flexibility index (Phi) is 3.76. The fraction of sp³-hybridized carbons (Fsp3) is 0.0909. The third-order valence-electron chi connectivity index (χ3n) is 2.26. The van der Waals surface area contributed by atoms with E-state index in [0.717, 1.165) is 0 Å². The lowest BCUT2D eigenvalue weighted by atomic mass is 10.2. The molecule has 0 aliphatic carbocycles. The van der Waals surface area contributed by atoms with Crippen molar-refractivity contribution in [3.63, 3.8) is 0 Å². The average Bonchev–Trinajstić information content (AvgIpc) is 2.84. The molecule has 0 radical (unpaired) electrons. The first-order chi connectivity index (χ1) is 9.06. The fourth-order valence-electron chi connectivity index (χ4n) is 1.40. The minimum atomic E-state index is -1.08. The third-order valence-corrected chi connectivity index (χ3v) is 2.58. The van der Waals surface area contributed by atoms with E-state index in [9.17, 15) is 9.59 Å². The maximum absolute atomic E-state index is 11.7. The molecule has 0 fully saturated rings. The normalized spacial score (nSPS) is 10.2. The number of aromatic nitrogens is 3. The molecule has 1 aromatic carbocycles. The van der Waals surface area contributed by atoms with Crippen LogP contribution in [0.25, 0.3) is 0 Å². The predicted molar refractivity (Wildman–Crippen MR) is 67.1 cm³/mol. The Morgan fingerprint density at radius 2 is 2.21 bits per heavy atom. The van der Waals surface area contributed by atoms with Gasteiger partial charge in [0.2, 0.25) is 5.91 Å². The predicted octanol–water partition coefficient (Wildman–Crippen LogP) is 1.27. The Balaban J connectivity index is 2.07. The van der Waals surface area contributed by atoms with Gasteiger partial charge < -0.3 is 10.4 Å². The number of carboxylic acid groups (broad SMARTS) is 1. The highest BCUT2D eigenvalue weighted by molar-refractivity contribution is 6.34. The summed E-state index contributed by atoms with van der Waals surface area (Å²) in [6, 6.07) is 4.07. The lowest BCUT2D eigenvalue weighted by Crippen LogP contribution is -2.19. The van der Waals surface area contributed by atoms with Gasteiger partial charge in [0.25, 0.3) is 0 Å². The number of amides is 1. The standard InChI is InChI=1S/C11H9ClN4O3/c12-8-3-7(11(18)19)1-2-9(8)15-10(17)4-16-6-13-5-14-16/h1-3,5-6H,4H2,(H,15,17)(H,18,19). The number of rotatable bonds is 4. The molecule has 1 amide bonds. The lowest BCUT2D eigenvalue weighted by Gasteiger charge is -2.07. The maximum Gasteiger partial charge on any atom is 0.335 e. The number of nitrogens with one attached hydrogen (secondary N) is 1. The van der Waals surface area contributed by atoms with Gasteiger partial charge in [-0.25, -0.2) is 14.5 Å². The Bertz CT molecular complexity index is 612. The van der Waals surface area contributed by atoms with Crippen LogP contribution in [0.3, 0.4) is 0 Å². The minimum Gasteiger partial charge on any atom is -0.478 e. The SMILES string of the molecule is O=C(Cn1cncn1)Nc1ccc(C(=O)O)cc1Cl. The fourth-order valence-corrected chi connectivity index (χ4v) is 1.63. The first kappa shape index (κ1) is 13.0. The molecule has 1 aromatic heterocycles. The van der Waals surface area contributed by atoms with Gasteiger partial charge in [0.05, 0.1) is 16.3 Å². The number of aromatic carboxylic acids is 1. The summed E-state index contributed by atoms with van der Waals surface area (Å²) in [4.78, 5) is 26.1. The Morgan fingerprint density at radius 1 is 1.42 bits per heavy atom. The van der Waals surface area contributed by atoms with Crippen LogP contribution < -0.4 is 5.32 Å². The van der Waals surface area contributed by atoms with Crippen LogP contribution in [0.1, 0.15) is 10.4 Å². The highest BCUT2D eigenvalue weighted by atomic mass is 35.5. The molecule has 0 unspecified atom stereocenters. The molecule has 0 aliphatic heterocycles. The smallest absolute Gasteiger partial charge is 0.335 e. The van der Waals surface area contributed by atoms with Crippen molar-refractivity contribution in [3.8, 4) is 0 Å². The molecule has 7 nitrogen and oxygen atoms in total. The molecule has 0 saturated heterocycles. The first-order valence-corrected chi connectivity index (χ1v) is 5.59. The summed E-state index contributed by atoms with van der Waals surface area (Å²) < 4.78 is 1.36. The van der Waals surface area contributed by atoms with Crippen LogP contribution >= 0.6 is 11.6 Å². The van der Waals surface area contributed by atoms with Crippen LogP contribution in [0.2, 0.25) is 5.02 Å². The van der Waals surface area contributed by atoms with Crippen LogP contribution in [0.4, 0.5) is 5.69 Å². The van der Waals surface area contributed by atoms with E-state index in [2.05, 4.69) is 15.4 Å². The summed E-state index contributed by atoms with van der Waals surface area (Å²) in [6.45, 7) is -0.00297. The second-order valence-electron chi connectivity index (χ2n) is 3.64. The van der Waals surface area contributed by atoms with Gasteiger partial charge in [-0.05, 0) is 18.2 Å². The lowest BCUT2D eigenvalue weighted by molar-refractivity contribution is -0.116. The second-order valence-corrected chi connectivity index (χ2v) is 4.05. The molecule has 0 atom stereocenters. The highest BCUT2D eigenvalue weighted by Crippen LogP contribution is 2.23. The second kappa shape index (κ2) is 5.49. The monoisotopic (exact) mass is 280 g/mol. The quantitative estimate of drug-likeness (QED) is 0.879. The summed E-state index contributed by atoms with van der Waals surface area (Å²) in [5.41, 5.74) is 0.399. The Labute approximate surface area is 112 Å².